The van der Waals surface area contributed by atoms with Crippen molar-refractivity contribution in [1.29, 1.82) is 0 Å². The van der Waals surface area contributed by atoms with Crippen LogP contribution in [0.2, 0.25) is 0 Å². The van der Waals surface area contributed by atoms with E-state index in [-0.39, 0.29) is 0 Å². The van der Waals surface area contributed by atoms with Crippen LogP contribution in [0.5, 0.6) is 0 Å². The van der Waals surface area contributed by atoms with Gasteiger partial charge in [0.05, 0.1) is 0 Å². The Kier molecular flexibility index (Phi) is 15.2. The lowest BCUT2D eigenvalue weighted by molar-refractivity contribution is 0.504. The maximum atomic E-state index is 5.30. The van der Waals surface area contributed by atoms with Gasteiger partial charge >= 0.3 is 0 Å². The summed E-state index contributed by atoms with van der Waals surface area (Å²) >= 11 is 0. The summed E-state index contributed by atoms with van der Waals surface area (Å²) in [6.45, 7) is 4.65. The average Bonchev–Trinajstić information content (AvgIpc) is 2.39. The summed E-state index contributed by atoms with van der Waals surface area (Å²) in [5, 5.41) is 0. The maximum Gasteiger partial charge on any atom is -0.0103 e. The van der Waals surface area contributed by atoms with E-state index in [1.54, 1.807) is 6.20 Å². The normalized spacial score (nSPS) is 11.7. The van der Waals surface area contributed by atoms with Crippen LogP contribution in [0.3, 0.4) is 0 Å². The molecule has 0 bridgehead atoms. The average molecular weight is 268 g/mol. The minimum atomic E-state index is 0.889. The van der Waals surface area contributed by atoms with Gasteiger partial charge in [-0.2, -0.15) is 0 Å². The summed E-state index contributed by atoms with van der Waals surface area (Å²) in [5.74, 6) is 0.889. The van der Waals surface area contributed by atoms with E-state index in [0.717, 1.165) is 12.3 Å². The predicted molar refractivity (Wildman–Crippen MR) is 88.2 cm³/mol. The van der Waals surface area contributed by atoms with Crippen molar-refractivity contribution in [1.82, 2.24) is 0 Å². The highest BCUT2D eigenvalue weighted by Crippen LogP contribution is 2.14. The zero-order valence-corrected chi connectivity index (χ0v) is 13.5. The molecular formula is C18H37N. The third-order valence-corrected chi connectivity index (χ3v) is 3.79. The predicted octanol–water partition coefficient (Wildman–Crippen LogP) is 6.19. The molecule has 0 aromatic carbocycles. The van der Waals surface area contributed by atoms with Crippen LogP contribution < -0.4 is 5.73 Å². The molecule has 0 heterocycles. The van der Waals surface area contributed by atoms with Crippen LogP contribution in [0.4, 0.5) is 0 Å². The first-order chi connectivity index (χ1) is 9.27. The van der Waals surface area contributed by atoms with Crippen LogP contribution in [0, 0.1) is 5.92 Å². The van der Waals surface area contributed by atoms with Gasteiger partial charge in [0.25, 0.3) is 0 Å². The highest BCUT2D eigenvalue weighted by molar-refractivity contribution is 4.74. The molecule has 0 atom stereocenters. The van der Waals surface area contributed by atoms with Crippen molar-refractivity contribution >= 4 is 0 Å². The molecule has 0 aliphatic heterocycles. The second-order valence-corrected chi connectivity index (χ2v) is 6.29. The Morgan fingerprint density at radius 3 is 1.53 bits per heavy atom. The quantitative estimate of drug-likeness (QED) is 0.373. The van der Waals surface area contributed by atoms with E-state index in [0.29, 0.717) is 0 Å². The van der Waals surface area contributed by atoms with Crippen molar-refractivity contribution in [3.05, 3.63) is 12.3 Å². The Balaban J connectivity index is 2.95. The lowest BCUT2D eigenvalue weighted by Gasteiger charge is -2.04. The molecule has 2 N–H and O–H groups in total. The smallest absolute Gasteiger partial charge is 0.0103 e. The summed E-state index contributed by atoms with van der Waals surface area (Å²) in [6, 6.07) is 0. The van der Waals surface area contributed by atoms with Crippen molar-refractivity contribution in [2.24, 2.45) is 11.7 Å². The SMILES string of the molecule is CC(C)CCCCCCCCCCCCCC=CN. The van der Waals surface area contributed by atoms with Crippen LogP contribution in [0.25, 0.3) is 0 Å². The van der Waals surface area contributed by atoms with Crippen LogP contribution in [-0.2, 0) is 0 Å². The van der Waals surface area contributed by atoms with Gasteiger partial charge in [0, 0.05) is 0 Å². The van der Waals surface area contributed by atoms with Crippen molar-refractivity contribution in [2.45, 2.75) is 97.3 Å². The second-order valence-electron chi connectivity index (χ2n) is 6.29. The van der Waals surface area contributed by atoms with Crippen molar-refractivity contribution in [2.75, 3.05) is 0 Å². The van der Waals surface area contributed by atoms with Gasteiger partial charge in [-0.1, -0.05) is 90.6 Å². The van der Waals surface area contributed by atoms with Gasteiger partial charge in [-0.3, -0.25) is 0 Å². The van der Waals surface area contributed by atoms with Crippen molar-refractivity contribution in [3.63, 3.8) is 0 Å². The highest BCUT2D eigenvalue weighted by atomic mass is 14.5. The van der Waals surface area contributed by atoms with E-state index >= 15 is 0 Å². The van der Waals surface area contributed by atoms with Crippen LogP contribution in [0.1, 0.15) is 97.3 Å². The molecule has 0 aromatic rings. The fourth-order valence-corrected chi connectivity index (χ4v) is 2.50. The van der Waals surface area contributed by atoms with E-state index < -0.39 is 0 Å². The zero-order chi connectivity index (χ0) is 14.2. The number of unbranched alkanes of at least 4 members (excludes halogenated alkanes) is 11. The first kappa shape index (κ1) is 18.5. The molecule has 0 rings (SSSR count). The molecule has 1 nitrogen and oxygen atoms in total. The summed E-state index contributed by atoms with van der Waals surface area (Å²) in [6.07, 6.45) is 22.0. The summed E-state index contributed by atoms with van der Waals surface area (Å²) in [4.78, 5) is 0. The molecule has 0 aliphatic rings. The van der Waals surface area contributed by atoms with E-state index in [9.17, 15) is 0 Å². The Morgan fingerprint density at radius 1 is 0.684 bits per heavy atom. The monoisotopic (exact) mass is 267 g/mol. The molecule has 0 aromatic heterocycles. The fourth-order valence-electron chi connectivity index (χ4n) is 2.50. The lowest BCUT2D eigenvalue weighted by atomic mass is 10.0. The second kappa shape index (κ2) is 15.6. The Hall–Kier alpha value is -0.460. The summed E-state index contributed by atoms with van der Waals surface area (Å²) in [5.41, 5.74) is 5.30. The molecule has 1 heteroatoms. The topological polar surface area (TPSA) is 26.0 Å². The number of hydrogen-bond donors (Lipinski definition) is 1. The van der Waals surface area contributed by atoms with Gasteiger partial charge in [0.15, 0.2) is 0 Å². The van der Waals surface area contributed by atoms with Gasteiger partial charge in [-0.25, -0.2) is 0 Å². The maximum absolute atomic E-state index is 5.30. The first-order valence-electron chi connectivity index (χ1n) is 8.64. The number of allylic oxidation sites excluding steroid dienone is 1. The lowest BCUT2D eigenvalue weighted by Crippen LogP contribution is -1.87. The van der Waals surface area contributed by atoms with Crippen LogP contribution in [-0.4, -0.2) is 0 Å². The summed E-state index contributed by atoms with van der Waals surface area (Å²) < 4.78 is 0. The first-order valence-corrected chi connectivity index (χ1v) is 8.64. The molecule has 19 heavy (non-hydrogen) atoms. The molecule has 0 spiro atoms. The molecule has 0 saturated carbocycles. The molecule has 0 aliphatic carbocycles. The largest absolute Gasteiger partial charge is 0.405 e. The van der Waals surface area contributed by atoms with E-state index in [1.807, 2.05) is 0 Å². The van der Waals surface area contributed by atoms with E-state index in [1.165, 1.54) is 77.0 Å². The third kappa shape index (κ3) is 17.5. The fraction of sp³-hybridized carbons (Fsp3) is 0.889. The van der Waals surface area contributed by atoms with Gasteiger partial charge in [0.2, 0.25) is 0 Å². The van der Waals surface area contributed by atoms with Gasteiger partial charge in [-0.15, -0.1) is 0 Å². The van der Waals surface area contributed by atoms with Gasteiger partial charge < -0.3 is 5.73 Å². The zero-order valence-electron chi connectivity index (χ0n) is 13.5. The Morgan fingerprint density at radius 2 is 1.11 bits per heavy atom. The van der Waals surface area contributed by atoms with Gasteiger partial charge in [-0.05, 0) is 25.0 Å². The minimum Gasteiger partial charge on any atom is -0.405 e. The van der Waals surface area contributed by atoms with Crippen LogP contribution in [0.15, 0.2) is 12.3 Å². The van der Waals surface area contributed by atoms with E-state index in [2.05, 4.69) is 19.9 Å². The standard InChI is InChI=1S/C18H37N/c1-18(2)16-14-12-10-8-6-4-3-5-7-9-11-13-15-17-19/h15,17-18H,3-14,16,19H2,1-2H3. The van der Waals surface area contributed by atoms with Gasteiger partial charge in [0.1, 0.15) is 0 Å². The molecule has 0 unspecified atom stereocenters. The number of rotatable bonds is 14. The molecule has 0 saturated heterocycles. The van der Waals surface area contributed by atoms with Crippen LogP contribution >= 0.6 is 0 Å². The highest BCUT2D eigenvalue weighted by Gasteiger charge is 1.95. The molecule has 0 fully saturated rings. The molecule has 114 valence electrons. The third-order valence-electron chi connectivity index (χ3n) is 3.79. The molecule has 0 amide bonds. The van der Waals surface area contributed by atoms with Crippen molar-refractivity contribution in [3.8, 4) is 0 Å². The Labute approximate surface area is 122 Å². The number of hydrogen-bond acceptors (Lipinski definition) is 1. The van der Waals surface area contributed by atoms with E-state index in [4.69, 9.17) is 5.73 Å². The molecule has 0 radical (unpaired) electrons. The number of nitrogens with two attached hydrogens (primary N) is 1. The summed E-state index contributed by atoms with van der Waals surface area (Å²) in [7, 11) is 0. The molecular weight excluding hydrogens is 230 g/mol. The Bertz CT molecular complexity index is 184. The minimum absolute atomic E-state index is 0.889. The van der Waals surface area contributed by atoms with Crippen molar-refractivity contribution < 1.29 is 0 Å².